The summed E-state index contributed by atoms with van der Waals surface area (Å²) in [5.74, 6) is 0.301. The van der Waals surface area contributed by atoms with Gasteiger partial charge in [0.2, 0.25) is 5.88 Å². The first-order chi connectivity index (χ1) is 13.6. The molecule has 0 radical (unpaired) electrons. The molecular weight excluding hydrogens is 355 g/mol. The molecule has 2 aromatic carbocycles. The van der Waals surface area contributed by atoms with Gasteiger partial charge in [-0.05, 0) is 54.4 Å². The third-order valence-corrected chi connectivity index (χ3v) is 4.88. The van der Waals surface area contributed by atoms with E-state index in [1.165, 1.54) is 12.1 Å². The fourth-order valence-corrected chi connectivity index (χ4v) is 3.53. The van der Waals surface area contributed by atoms with E-state index in [1.807, 2.05) is 31.3 Å². The number of methoxy groups -OCH3 is 1. The molecule has 0 aliphatic carbocycles. The number of hydrogen-bond donors (Lipinski definition) is 1. The Morgan fingerprint density at radius 3 is 2.39 bits per heavy atom. The molecule has 0 saturated heterocycles. The van der Waals surface area contributed by atoms with Gasteiger partial charge in [0.1, 0.15) is 5.82 Å². The van der Waals surface area contributed by atoms with Crippen molar-refractivity contribution in [2.24, 2.45) is 5.73 Å². The molecule has 0 spiro atoms. The molecule has 0 fully saturated rings. The molecule has 5 nitrogen and oxygen atoms in total. The van der Waals surface area contributed by atoms with Crippen LogP contribution in [0.1, 0.15) is 24.0 Å². The van der Waals surface area contributed by atoms with Crippen molar-refractivity contribution >= 4 is 10.9 Å². The molecule has 2 aromatic heterocycles. The highest BCUT2D eigenvalue weighted by atomic mass is 19.1. The van der Waals surface area contributed by atoms with Gasteiger partial charge < -0.3 is 10.5 Å². The van der Waals surface area contributed by atoms with Crippen molar-refractivity contribution in [2.45, 2.75) is 18.9 Å². The summed E-state index contributed by atoms with van der Waals surface area (Å²) in [6.07, 6.45) is 3.62. The lowest BCUT2D eigenvalue weighted by molar-refractivity contribution is 0.397. The Bertz CT molecular complexity index is 1090. The Labute approximate surface area is 162 Å². The van der Waals surface area contributed by atoms with Crippen molar-refractivity contribution in [3.05, 3.63) is 83.9 Å². The van der Waals surface area contributed by atoms with Crippen LogP contribution in [0.25, 0.3) is 16.6 Å². The number of hydrogen-bond acceptors (Lipinski definition) is 4. The molecule has 0 saturated carbocycles. The SMILES string of the molecule is COc1ccc(C(c2ccc3c(cnn3-c3ccc(F)cc3)c2)C(C)N)cn1. The Balaban J connectivity index is 1.74. The maximum atomic E-state index is 13.2. The smallest absolute Gasteiger partial charge is 0.212 e. The lowest BCUT2D eigenvalue weighted by Crippen LogP contribution is -2.25. The molecule has 4 rings (SSSR count). The predicted octanol–water partition coefficient (Wildman–Crippen LogP) is 4.05. The van der Waals surface area contributed by atoms with Crippen LogP contribution in [0.4, 0.5) is 4.39 Å². The molecule has 0 aliphatic rings. The van der Waals surface area contributed by atoms with Gasteiger partial charge in [0.25, 0.3) is 0 Å². The molecule has 2 heterocycles. The third kappa shape index (κ3) is 3.34. The fourth-order valence-electron chi connectivity index (χ4n) is 3.53. The first kappa shape index (κ1) is 18.1. The zero-order chi connectivity index (χ0) is 19.7. The molecule has 0 aliphatic heterocycles. The van der Waals surface area contributed by atoms with Crippen molar-refractivity contribution in [3.63, 3.8) is 0 Å². The van der Waals surface area contributed by atoms with Crippen LogP contribution in [0.2, 0.25) is 0 Å². The summed E-state index contributed by atoms with van der Waals surface area (Å²) in [6.45, 7) is 1.99. The van der Waals surface area contributed by atoms with Crippen LogP contribution in [-0.2, 0) is 0 Å². The number of rotatable bonds is 5. The number of aromatic nitrogens is 3. The second kappa shape index (κ2) is 7.40. The van der Waals surface area contributed by atoms with Crippen LogP contribution in [-0.4, -0.2) is 27.9 Å². The Morgan fingerprint density at radius 2 is 1.75 bits per heavy atom. The van der Waals surface area contributed by atoms with Gasteiger partial charge >= 0.3 is 0 Å². The summed E-state index contributed by atoms with van der Waals surface area (Å²) >= 11 is 0. The topological polar surface area (TPSA) is 66.0 Å². The van der Waals surface area contributed by atoms with Crippen LogP contribution in [0, 0.1) is 5.82 Å². The number of nitrogens with two attached hydrogens (primary N) is 1. The van der Waals surface area contributed by atoms with Crippen LogP contribution < -0.4 is 10.5 Å². The van der Waals surface area contributed by atoms with Crippen molar-refractivity contribution in [3.8, 4) is 11.6 Å². The van der Waals surface area contributed by atoms with Gasteiger partial charge in [-0.15, -0.1) is 0 Å². The molecule has 28 heavy (non-hydrogen) atoms. The van der Waals surface area contributed by atoms with E-state index in [1.54, 1.807) is 30.1 Å². The van der Waals surface area contributed by atoms with E-state index in [4.69, 9.17) is 10.5 Å². The largest absolute Gasteiger partial charge is 0.481 e. The van der Waals surface area contributed by atoms with Crippen molar-refractivity contribution < 1.29 is 9.13 Å². The van der Waals surface area contributed by atoms with E-state index in [2.05, 4.69) is 22.2 Å². The van der Waals surface area contributed by atoms with Crippen molar-refractivity contribution in [2.75, 3.05) is 7.11 Å². The molecule has 0 bridgehead atoms. The van der Waals surface area contributed by atoms with Crippen LogP contribution in [0.3, 0.4) is 0 Å². The highest BCUT2D eigenvalue weighted by Gasteiger charge is 2.20. The lowest BCUT2D eigenvalue weighted by atomic mass is 9.86. The standard InChI is InChI=1S/C22H21FN4O/c1-14(24)22(16-4-10-21(28-2)25-12-16)15-3-9-20-17(11-15)13-26-27(20)19-7-5-18(23)6-8-19/h3-14,22H,24H2,1-2H3. The molecular formula is C22H21FN4O. The van der Waals surface area contributed by atoms with Crippen LogP contribution in [0.15, 0.2) is 67.0 Å². The molecule has 4 aromatic rings. The van der Waals surface area contributed by atoms with E-state index >= 15 is 0 Å². The number of pyridine rings is 1. The highest BCUT2D eigenvalue weighted by Crippen LogP contribution is 2.30. The monoisotopic (exact) mass is 376 g/mol. The summed E-state index contributed by atoms with van der Waals surface area (Å²) in [5, 5.41) is 5.46. The van der Waals surface area contributed by atoms with Crippen LogP contribution in [0.5, 0.6) is 5.88 Å². The summed E-state index contributed by atoms with van der Waals surface area (Å²) in [6, 6.07) is 16.2. The Morgan fingerprint density at radius 1 is 1.00 bits per heavy atom. The quantitative estimate of drug-likeness (QED) is 0.571. The number of halogens is 1. The molecule has 2 atom stereocenters. The normalized spacial score (nSPS) is 13.4. The van der Waals surface area contributed by atoms with E-state index in [9.17, 15) is 4.39 Å². The molecule has 142 valence electrons. The Kier molecular flexibility index (Phi) is 4.79. The number of ether oxygens (including phenoxy) is 1. The van der Waals surface area contributed by atoms with Gasteiger partial charge in [-0.1, -0.05) is 12.1 Å². The van der Waals surface area contributed by atoms with E-state index in [0.717, 1.165) is 27.7 Å². The van der Waals surface area contributed by atoms with Crippen molar-refractivity contribution in [1.82, 2.24) is 14.8 Å². The van der Waals surface area contributed by atoms with Gasteiger partial charge in [0, 0.05) is 29.6 Å². The van der Waals surface area contributed by atoms with E-state index < -0.39 is 0 Å². The first-order valence-corrected chi connectivity index (χ1v) is 9.06. The summed E-state index contributed by atoms with van der Waals surface area (Å²) in [4.78, 5) is 4.31. The third-order valence-electron chi connectivity index (χ3n) is 4.88. The lowest BCUT2D eigenvalue weighted by Gasteiger charge is -2.22. The second-order valence-corrected chi connectivity index (χ2v) is 6.82. The van der Waals surface area contributed by atoms with Gasteiger partial charge in [0.15, 0.2) is 0 Å². The maximum Gasteiger partial charge on any atom is 0.212 e. The molecule has 2 unspecified atom stereocenters. The van der Waals surface area contributed by atoms with Crippen LogP contribution >= 0.6 is 0 Å². The Hall–Kier alpha value is -3.25. The minimum Gasteiger partial charge on any atom is -0.481 e. The highest BCUT2D eigenvalue weighted by molar-refractivity contribution is 5.81. The predicted molar refractivity (Wildman–Crippen MR) is 107 cm³/mol. The van der Waals surface area contributed by atoms with Gasteiger partial charge in [-0.3, -0.25) is 0 Å². The van der Waals surface area contributed by atoms with Gasteiger partial charge in [-0.25, -0.2) is 14.1 Å². The number of nitrogens with zero attached hydrogens (tertiary/aromatic N) is 3. The summed E-state index contributed by atoms with van der Waals surface area (Å²) < 4.78 is 20.2. The second-order valence-electron chi connectivity index (χ2n) is 6.82. The van der Waals surface area contributed by atoms with Gasteiger partial charge in [0.05, 0.1) is 24.5 Å². The minimum atomic E-state index is -0.268. The average molecular weight is 376 g/mol. The molecule has 2 N–H and O–H groups in total. The summed E-state index contributed by atoms with van der Waals surface area (Å²) in [7, 11) is 1.59. The average Bonchev–Trinajstić information content (AvgIpc) is 3.12. The fraction of sp³-hybridized carbons (Fsp3) is 0.182. The zero-order valence-electron chi connectivity index (χ0n) is 15.7. The van der Waals surface area contributed by atoms with E-state index in [0.29, 0.717) is 5.88 Å². The van der Waals surface area contributed by atoms with Crippen molar-refractivity contribution in [1.29, 1.82) is 0 Å². The zero-order valence-corrected chi connectivity index (χ0v) is 15.7. The number of fused-ring (bicyclic) bond motifs is 1. The maximum absolute atomic E-state index is 13.2. The molecule has 6 heteroatoms. The number of benzene rings is 2. The summed E-state index contributed by atoms with van der Waals surface area (Å²) in [5.41, 5.74) is 10.2. The first-order valence-electron chi connectivity index (χ1n) is 9.06. The van der Waals surface area contributed by atoms with E-state index in [-0.39, 0.29) is 17.8 Å². The minimum absolute atomic E-state index is 0.00280. The van der Waals surface area contributed by atoms with Gasteiger partial charge in [-0.2, -0.15) is 5.10 Å². The molecule has 0 amide bonds.